The second-order valence-corrected chi connectivity index (χ2v) is 30.2. The van der Waals surface area contributed by atoms with E-state index in [0.29, 0.717) is 98.8 Å². The Balaban J connectivity index is -0.000000375. The Labute approximate surface area is 853 Å². The first-order valence-electron chi connectivity index (χ1n) is 41.7. The van der Waals surface area contributed by atoms with Crippen LogP contribution in [0.3, 0.4) is 0 Å². The molecule has 0 saturated heterocycles. The third-order valence-corrected chi connectivity index (χ3v) is 19.6. The number of rotatable bonds is 44. The summed E-state index contributed by atoms with van der Waals surface area (Å²) in [5, 5.41) is 76.2. The zero-order valence-electron chi connectivity index (χ0n) is 82.0. The van der Waals surface area contributed by atoms with Crippen LogP contribution in [0, 0.1) is 56.4 Å². The molecule has 0 spiro atoms. The third-order valence-electron chi connectivity index (χ3n) is 14.4. The van der Waals surface area contributed by atoms with Crippen molar-refractivity contribution in [3.05, 3.63) is 250 Å². The second-order valence-electron chi connectivity index (χ2n) is 24.3. The first-order chi connectivity index (χ1) is 69.2. The summed E-state index contributed by atoms with van der Waals surface area (Å²) in [7, 11) is 18.2. The number of methoxy groups -OCH3 is 9. The van der Waals surface area contributed by atoms with E-state index in [1.54, 1.807) is 236 Å². The van der Waals surface area contributed by atoms with Gasteiger partial charge in [0.05, 0.1) is 149 Å². The Morgan fingerprint density at radius 2 is 0.560 bits per heavy atom. The van der Waals surface area contributed by atoms with Crippen molar-refractivity contribution in [3.8, 4) is 61.8 Å². The molecule has 8 rings (SSSR count). The highest BCUT2D eigenvalue weighted by molar-refractivity contribution is 8.16. The average Bonchev–Trinajstić information content (AvgIpc) is 0.839. The summed E-state index contributed by atoms with van der Waals surface area (Å²) in [6.07, 6.45) is 17.1. The van der Waals surface area contributed by atoms with Crippen molar-refractivity contribution in [2.24, 2.45) is 0 Å². The molecule has 0 saturated carbocycles. The van der Waals surface area contributed by atoms with Crippen LogP contribution >= 0.6 is 78.6 Å². The molecule has 0 bridgehead atoms. The smallest absolute Gasteiger partial charge is 0.384 e. The fourth-order valence-corrected chi connectivity index (χ4v) is 12.3. The summed E-state index contributed by atoms with van der Waals surface area (Å²) in [4.78, 5) is 117. The number of phenolic OH excluding ortho intramolecular Hbond substituents is 1. The van der Waals surface area contributed by atoms with Crippen LogP contribution in [-0.2, 0) is 80.6 Å². The Hall–Kier alpha value is -12.4. The lowest BCUT2D eigenvalue weighted by molar-refractivity contribution is -0.143. The maximum Gasteiger partial charge on any atom is 0.384 e. The van der Waals surface area contributed by atoms with Crippen molar-refractivity contribution in [3.63, 3.8) is 0 Å². The Bertz CT molecular complexity index is 4680. The van der Waals surface area contributed by atoms with E-state index in [9.17, 15) is 47.9 Å². The number of nitriles is 1. The minimum absolute atomic E-state index is 0.122. The number of aromatic carboxylic acids is 3. The number of hydrogen-bond donors (Lipinski definition) is 9. The molecule has 770 valence electrons. The number of thiol groups is 1. The number of aliphatic hydroxyl groups is 3. The first kappa shape index (κ1) is 133. The Morgan fingerprint density at radius 3 is 0.745 bits per heavy atom. The molecular formula is C97H122N2O35P2S5. The fraction of sp³-hybridized carbons (Fsp3) is 0.320. The van der Waals surface area contributed by atoms with E-state index >= 15 is 0 Å². The Morgan fingerprint density at radius 1 is 0.355 bits per heavy atom. The molecule has 0 radical (unpaired) electrons. The van der Waals surface area contributed by atoms with Gasteiger partial charge < -0.3 is 126 Å². The highest BCUT2D eigenvalue weighted by Gasteiger charge is 2.13. The molecule has 8 N–H and O–H groups in total. The van der Waals surface area contributed by atoms with Gasteiger partial charge in [-0.1, -0.05) is 0 Å². The van der Waals surface area contributed by atoms with Gasteiger partial charge in [-0.3, -0.25) is 4.79 Å². The maximum absolute atomic E-state index is 11.9. The quantitative estimate of drug-likeness (QED) is 0.00197. The highest BCUT2D eigenvalue weighted by Crippen LogP contribution is 2.30. The molecular weight excluding hydrogens is 1980 g/mol. The molecule has 141 heavy (non-hydrogen) atoms. The van der Waals surface area contributed by atoms with Gasteiger partial charge in [0.25, 0.3) is 0 Å². The van der Waals surface area contributed by atoms with E-state index in [0.717, 1.165) is 34.6 Å². The monoisotopic (exact) mass is 2100 g/mol. The molecule has 2 unspecified atom stereocenters. The number of nitrogens with zero attached hydrogens (tertiary/aromatic N) is 2. The van der Waals surface area contributed by atoms with Gasteiger partial charge in [0, 0.05) is 98.6 Å². The zero-order valence-corrected chi connectivity index (χ0v) is 85.5. The zero-order chi connectivity index (χ0) is 110. The fourth-order valence-electron chi connectivity index (χ4n) is 7.83. The number of aromatic hydroxyl groups is 1. The van der Waals surface area contributed by atoms with E-state index in [4.69, 9.17) is 113 Å². The van der Waals surface area contributed by atoms with Crippen LogP contribution in [-0.4, -0.2) is 300 Å². The van der Waals surface area contributed by atoms with Gasteiger partial charge in [-0.15, -0.1) is 98.1 Å². The van der Waals surface area contributed by atoms with E-state index in [1.165, 1.54) is 69.8 Å². The summed E-state index contributed by atoms with van der Waals surface area (Å²) in [6.45, 7) is 11.1. The second kappa shape index (κ2) is 101. The number of esters is 6. The number of carboxylic acid groups (broad SMARTS) is 4. The molecule has 2 atom stereocenters. The molecule has 0 aromatic heterocycles. The standard InChI is InChI=1S/C21H24O6S2.C15H12O4S2.C10H13O4P.C10H12O4.C10H12O3S.C7H7O3P.C6H9NO3.C3H3NO2.3C3H8O2.3C2H2/c1-24-11-13-26-20(22)16-3-7-18(8-4-16)28-15-29-19-9-5-17(6-10-19)21(23)27-14-12-25-2;16-14(17)10-1-5-12(6-2-10)20-9-21-13-7-3-11(4-8-13)15(18)19;1-12-6-7-13-10(11)8-2-4-9(14-15)5-3-8;1-13-6-7-14-10(12)8-2-4-9(11)5-3-8;1-12-6-7-13-10(11)8-2-4-9(14)5-3-8;8-7(9)5-1-3-6(10-11)4-2-5;1-9-4-5-10-6(8)2-3-7;1-4-2-3(5)6;3*1-5-3-2-4;3*1-2/h3-10H,11-15H2,1-2H3;1-8H,9H2,(H,16,17)(H,18,19);2-5H,6-7,15H2,1H3;2-5,11H,6-7H2,1H3;2-5,14H,6-7H2,1H3;1-4H,11H2,(H,8,9);2,4-5H2,1H3;2H2,(H,5,6);3*4H,2-3H2,1H3;3*1-2H/i;;;;;;;;;;;3*1D. The molecule has 44 heteroatoms. The van der Waals surface area contributed by atoms with Gasteiger partial charge in [0.1, 0.15) is 67.4 Å². The SMILES string of the molecule is COCCO.COCCO.COCCO.COCCOC(=O)CC#N.COCCOC(=O)c1ccc(O)cc1.COCCOC(=O)c1ccc(OP)cc1.COCCOC(=O)c1ccc(S)cc1.COCCOC(=O)c1ccc(SCSc2ccc(C(=O)OCCOC)cc2)cc1.O=C(O)c1ccc(OP)cc1.O=C(O)c1ccc(SCSc2ccc(C(=O)O)cc2)cc1.[2H]C#C.[2H]C#C.[2H]C#C.[C-]#[N+]CC(=O)O. The topological polar surface area (TPSA) is 518 Å². The largest absolute Gasteiger partial charge is 0.508 e. The van der Waals surface area contributed by atoms with E-state index in [-0.39, 0.29) is 112 Å². The van der Waals surface area contributed by atoms with Crippen molar-refractivity contribution in [1.82, 2.24) is 0 Å². The lowest BCUT2D eigenvalue weighted by atomic mass is 10.2. The molecule has 0 aliphatic carbocycles. The Kier molecular flexibility index (Phi) is 94.8. The number of aliphatic hydroxyl groups excluding tert-OH is 3. The summed E-state index contributed by atoms with van der Waals surface area (Å²) < 4.78 is 98.2. The van der Waals surface area contributed by atoms with Gasteiger partial charge in [0.15, 0.2) is 0 Å². The van der Waals surface area contributed by atoms with Gasteiger partial charge >= 0.3 is 66.2 Å². The average molecular weight is 2100 g/mol. The van der Waals surface area contributed by atoms with Crippen LogP contribution in [0.5, 0.6) is 17.2 Å². The number of phenols is 1. The minimum Gasteiger partial charge on any atom is -0.508 e. The van der Waals surface area contributed by atoms with Crippen molar-refractivity contribution >= 4 is 138 Å². The van der Waals surface area contributed by atoms with Crippen molar-refractivity contribution in [2.45, 2.75) is 30.9 Å². The molecule has 0 aliphatic rings. The van der Waals surface area contributed by atoms with Gasteiger partial charge in [-0.25, -0.2) is 49.7 Å². The minimum atomic E-state index is -1.06. The lowest BCUT2D eigenvalue weighted by Gasteiger charge is -2.06. The number of carboxylic acids is 4. The molecule has 8 aromatic carbocycles. The molecule has 0 amide bonds. The van der Waals surface area contributed by atoms with Gasteiger partial charge in [-0.05, 0) is 194 Å². The van der Waals surface area contributed by atoms with Crippen LogP contribution in [0.4, 0.5) is 0 Å². The summed E-state index contributed by atoms with van der Waals surface area (Å²) >= 11 is 10.6. The van der Waals surface area contributed by atoms with Crippen molar-refractivity contribution < 1.29 is 173 Å². The number of ether oxygens (including phenoxy) is 15. The molecule has 8 aromatic rings. The number of aliphatic carboxylic acids is 1. The maximum atomic E-state index is 11.9. The normalized spacial score (nSPS) is 9.36. The summed E-state index contributed by atoms with van der Waals surface area (Å²) in [5.74, 6) is -4.75. The van der Waals surface area contributed by atoms with Crippen molar-refractivity contribution in [2.75, 3.05) is 200 Å². The van der Waals surface area contributed by atoms with Crippen LogP contribution in [0.25, 0.3) is 4.85 Å². The predicted octanol–water partition coefficient (Wildman–Crippen LogP) is 13.9. The summed E-state index contributed by atoms with van der Waals surface area (Å²) in [6, 6.07) is 55.3. The van der Waals surface area contributed by atoms with Crippen LogP contribution in [0.2, 0.25) is 0 Å². The van der Waals surface area contributed by atoms with Crippen molar-refractivity contribution in [1.29, 1.82) is 5.26 Å². The van der Waals surface area contributed by atoms with Crippen LogP contribution < -0.4 is 9.05 Å². The number of terminal acetylenes is 3. The van der Waals surface area contributed by atoms with Gasteiger partial charge in [0.2, 0.25) is 0 Å². The molecule has 0 aliphatic heterocycles. The predicted molar refractivity (Wildman–Crippen MR) is 545 cm³/mol. The number of benzene rings is 8. The van der Waals surface area contributed by atoms with Crippen LogP contribution in [0.1, 0.15) is 93.4 Å². The number of carbonyl (C=O) groups excluding carboxylic acids is 6. The van der Waals surface area contributed by atoms with E-state index < -0.39 is 42.4 Å². The van der Waals surface area contributed by atoms with Gasteiger partial charge in [-0.2, -0.15) is 5.26 Å². The summed E-state index contributed by atoms with van der Waals surface area (Å²) in [5.41, 5.74) is 3.29. The molecule has 0 fully saturated rings. The highest BCUT2D eigenvalue weighted by atomic mass is 32.2. The number of thioether (sulfide) groups is 4. The number of hydrogen-bond acceptors (Lipinski definition) is 37. The van der Waals surface area contributed by atoms with E-state index in [1.807, 2.05) is 24.3 Å². The first-order valence-corrected chi connectivity index (χ1v) is 45.5. The third kappa shape index (κ3) is 81.1. The van der Waals surface area contributed by atoms with E-state index in [2.05, 4.69) is 79.4 Å². The number of carbonyl (C=O) groups is 10. The molecule has 0 heterocycles. The van der Waals surface area contributed by atoms with Crippen LogP contribution in [0.15, 0.2) is 219 Å². The molecule has 37 nitrogen and oxygen atoms in total. The lowest BCUT2D eigenvalue weighted by Crippen LogP contribution is -2.09.